The van der Waals surface area contributed by atoms with Crippen molar-refractivity contribution in [2.45, 2.75) is 46.1 Å². The van der Waals surface area contributed by atoms with E-state index in [2.05, 4.69) is 0 Å². The van der Waals surface area contributed by atoms with Crippen LogP contribution in [0, 0.1) is 5.92 Å². The van der Waals surface area contributed by atoms with Crippen LogP contribution >= 0.6 is 0 Å². The van der Waals surface area contributed by atoms with E-state index in [1.165, 1.54) is 13.8 Å². The van der Waals surface area contributed by atoms with Gasteiger partial charge in [-0.15, -0.1) is 0 Å². The Kier molecular flexibility index (Phi) is 4.03. The molecule has 74 valence electrons. The maximum absolute atomic E-state index is 12.2. The van der Waals surface area contributed by atoms with Crippen molar-refractivity contribution in [3.8, 4) is 0 Å². The molecule has 12 heavy (non-hydrogen) atoms. The predicted molar refractivity (Wildman–Crippen MR) is 40.9 cm³/mol. The zero-order valence-corrected chi connectivity index (χ0v) is 7.77. The average molecular weight is 184 g/mol. The number of rotatable bonds is 3. The molecule has 0 saturated carbocycles. The highest BCUT2D eigenvalue weighted by molar-refractivity contribution is 4.71. The molecule has 0 N–H and O–H groups in total. The fraction of sp³-hybridized carbons (Fsp3) is 1.00. The summed E-state index contributed by atoms with van der Waals surface area (Å²) in [6.07, 6.45) is -6.28. The van der Waals surface area contributed by atoms with Crippen molar-refractivity contribution in [3.05, 3.63) is 0 Å². The molecule has 0 aromatic heterocycles. The SMILES string of the molecule is CC(C)O[C@@H](C(C)C)C(F)(F)F. The second kappa shape index (κ2) is 4.12. The molecule has 0 bridgehead atoms. The van der Waals surface area contributed by atoms with Crippen LogP contribution in [-0.2, 0) is 4.74 Å². The summed E-state index contributed by atoms with van der Waals surface area (Å²) in [5.41, 5.74) is 0. The molecule has 0 spiro atoms. The van der Waals surface area contributed by atoms with Gasteiger partial charge in [0.1, 0.15) is 0 Å². The van der Waals surface area contributed by atoms with E-state index >= 15 is 0 Å². The molecular formula is C8H15F3O. The summed E-state index contributed by atoms with van der Waals surface area (Å²) in [6, 6.07) is 0. The zero-order chi connectivity index (χ0) is 9.94. The van der Waals surface area contributed by atoms with Gasteiger partial charge < -0.3 is 4.74 Å². The Bertz CT molecular complexity index is 129. The van der Waals surface area contributed by atoms with Gasteiger partial charge >= 0.3 is 6.18 Å². The molecule has 0 saturated heterocycles. The molecule has 0 unspecified atom stereocenters. The Labute approximate surface area is 70.9 Å². The first-order valence-electron chi connectivity index (χ1n) is 3.97. The van der Waals surface area contributed by atoms with Gasteiger partial charge in [-0.25, -0.2) is 0 Å². The first kappa shape index (κ1) is 11.8. The minimum absolute atomic E-state index is 0.390. The molecule has 0 aliphatic rings. The van der Waals surface area contributed by atoms with Crippen LogP contribution in [0.2, 0.25) is 0 Å². The van der Waals surface area contributed by atoms with Gasteiger partial charge in [0.15, 0.2) is 6.10 Å². The third-order valence-electron chi connectivity index (χ3n) is 1.35. The van der Waals surface area contributed by atoms with Crippen LogP contribution in [0.15, 0.2) is 0 Å². The number of halogens is 3. The standard InChI is InChI=1S/C8H15F3O/c1-5(2)7(8(9,10)11)12-6(3)4/h5-7H,1-4H3/t7-/m0/s1. The Morgan fingerprint density at radius 2 is 1.42 bits per heavy atom. The lowest BCUT2D eigenvalue weighted by Crippen LogP contribution is -2.38. The number of alkyl halides is 3. The lowest BCUT2D eigenvalue weighted by atomic mass is 10.1. The van der Waals surface area contributed by atoms with Gasteiger partial charge in [-0.05, 0) is 19.8 Å². The molecule has 4 heteroatoms. The first-order valence-corrected chi connectivity index (χ1v) is 3.97. The van der Waals surface area contributed by atoms with Crippen molar-refractivity contribution in [1.82, 2.24) is 0 Å². The summed E-state index contributed by atoms with van der Waals surface area (Å²) < 4.78 is 41.4. The summed E-state index contributed by atoms with van der Waals surface area (Å²) in [5.74, 6) is -0.535. The van der Waals surface area contributed by atoms with Crippen molar-refractivity contribution in [1.29, 1.82) is 0 Å². The van der Waals surface area contributed by atoms with Crippen molar-refractivity contribution in [3.63, 3.8) is 0 Å². The Balaban J connectivity index is 4.25. The van der Waals surface area contributed by atoms with Crippen LogP contribution in [0.5, 0.6) is 0 Å². The summed E-state index contributed by atoms with van der Waals surface area (Å²) in [4.78, 5) is 0. The van der Waals surface area contributed by atoms with E-state index in [4.69, 9.17) is 4.74 Å². The van der Waals surface area contributed by atoms with Gasteiger partial charge in [0.25, 0.3) is 0 Å². The van der Waals surface area contributed by atoms with Gasteiger partial charge in [0, 0.05) is 0 Å². The first-order chi connectivity index (χ1) is 5.25. The van der Waals surface area contributed by atoms with E-state index in [-0.39, 0.29) is 6.10 Å². The summed E-state index contributed by atoms with van der Waals surface area (Å²) >= 11 is 0. The van der Waals surface area contributed by atoms with Gasteiger partial charge in [-0.1, -0.05) is 13.8 Å². The van der Waals surface area contributed by atoms with Crippen LogP contribution in [0.4, 0.5) is 13.2 Å². The Morgan fingerprint density at radius 3 is 1.50 bits per heavy atom. The fourth-order valence-electron chi connectivity index (χ4n) is 0.905. The molecule has 0 heterocycles. The molecular weight excluding hydrogens is 169 g/mol. The van der Waals surface area contributed by atoms with Crippen LogP contribution < -0.4 is 0 Å². The van der Waals surface area contributed by atoms with Gasteiger partial charge in [0.2, 0.25) is 0 Å². The van der Waals surface area contributed by atoms with Crippen molar-refractivity contribution >= 4 is 0 Å². The van der Waals surface area contributed by atoms with E-state index in [0.29, 0.717) is 0 Å². The topological polar surface area (TPSA) is 9.23 Å². The third-order valence-corrected chi connectivity index (χ3v) is 1.35. The molecule has 0 fully saturated rings. The minimum Gasteiger partial charge on any atom is -0.366 e. The van der Waals surface area contributed by atoms with Crippen LogP contribution in [0.3, 0.4) is 0 Å². The van der Waals surface area contributed by atoms with Gasteiger partial charge in [-0.2, -0.15) is 13.2 Å². The van der Waals surface area contributed by atoms with E-state index in [1.807, 2.05) is 0 Å². The van der Waals surface area contributed by atoms with E-state index in [0.717, 1.165) is 0 Å². The number of ether oxygens (including phenoxy) is 1. The lowest BCUT2D eigenvalue weighted by molar-refractivity contribution is -0.242. The third kappa shape index (κ3) is 3.95. The Morgan fingerprint density at radius 1 is 1.00 bits per heavy atom. The summed E-state index contributed by atoms with van der Waals surface area (Å²) in [7, 11) is 0. The number of hydrogen-bond donors (Lipinski definition) is 0. The van der Waals surface area contributed by atoms with Crippen LogP contribution in [0.25, 0.3) is 0 Å². The second-order valence-electron chi connectivity index (χ2n) is 3.39. The predicted octanol–water partition coefficient (Wildman–Crippen LogP) is 3.00. The summed E-state index contributed by atoms with van der Waals surface area (Å²) in [6.45, 7) is 6.20. The molecule has 0 aliphatic carbocycles. The van der Waals surface area contributed by atoms with E-state index in [9.17, 15) is 13.2 Å². The highest BCUT2D eigenvalue weighted by Gasteiger charge is 2.42. The lowest BCUT2D eigenvalue weighted by Gasteiger charge is -2.25. The number of hydrogen-bond acceptors (Lipinski definition) is 1. The van der Waals surface area contributed by atoms with Crippen molar-refractivity contribution < 1.29 is 17.9 Å². The maximum atomic E-state index is 12.2. The molecule has 0 aromatic rings. The molecule has 0 aromatic carbocycles. The van der Waals surface area contributed by atoms with Crippen LogP contribution in [-0.4, -0.2) is 18.4 Å². The molecule has 0 radical (unpaired) electrons. The monoisotopic (exact) mass is 184 g/mol. The minimum atomic E-state index is -4.25. The summed E-state index contributed by atoms with van der Waals surface area (Å²) in [5, 5.41) is 0. The van der Waals surface area contributed by atoms with E-state index < -0.39 is 18.2 Å². The molecule has 1 nitrogen and oxygen atoms in total. The molecule has 0 amide bonds. The van der Waals surface area contributed by atoms with Gasteiger partial charge in [-0.3, -0.25) is 0 Å². The normalized spacial score (nSPS) is 15.8. The highest BCUT2D eigenvalue weighted by atomic mass is 19.4. The van der Waals surface area contributed by atoms with Gasteiger partial charge in [0.05, 0.1) is 6.10 Å². The second-order valence-corrected chi connectivity index (χ2v) is 3.39. The quantitative estimate of drug-likeness (QED) is 0.655. The zero-order valence-electron chi connectivity index (χ0n) is 7.77. The van der Waals surface area contributed by atoms with Crippen molar-refractivity contribution in [2.24, 2.45) is 5.92 Å². The largest absolute Gasteiger partial charge is 0.414 e. The highest BCUT2D eigenvalue weighted by Crippen LogP contribution is 2.28. The maximum Gasteiger partial charge on any atom is 0.414 e. The fourth-order valence-corrected chi connectivity index (χ4v) is 0.905. The Hall–Kier alpha value is -0.250. The molecule has 1 atom stereocenters. The van der Waals surface area contributed by atoms with Crippen LogP contribution in [0.1, 0.15) is 27.7 Å². The average Bonchev–Trinajstić information content (AvgIpc) is 1.79. The van der Waals surface area contributed by atoms with Crippen molar-refractivity contribution in [2.75, 3.05) is 0 Å². The molecule has 0 aliphatic heterocycles. The molecule has 0 rings (SSSR count). The smallest absolute Gasteiger partial charge is 0.366 e. The van der Waals surface area contributed by atoms with E-state index in [1.54, 1.807) is 13.8 Å².